The van der Waals surface area contributed by atoms with Crippen LogP contribution in [0.15, 0.2) is 78.9 Å². The van der Waals surface area contributed by atoms with Crippen LogP contribution in [0.1, 0.15) is 61.3 Å². The van der Waals surface area contributed by atoms with E-state index in [1.807, 2.05) is 11.0 Å². The zero-order valence-electron chi connectivity index (χ0n) is 22.3. The van der Waals surface area contributed by atoms with E-state index >= 15 is 0 Å². The minimum absolute atomic E-state index is 0.0214. The molecule has 4 nitrogen and oxygen atoms in total. The molecular formula is C32H41N3O. The maximum absolute atomic E-state index is 14.0. The van der Waals surface area contributed by atoms with Crippen LogP contribution in [0, 0.1) is 6.92 Å². The summed E-state index contributed by atoms with van der Waals surface area (Å²) in [5.41, 5.74) is 5.70. The highest BCUT2D eigenvalue weighted by molar-refractivity contribution is 5.91. The quantitative estimate of drug-likeness (QED) is 0.367. The van der Waals surface area contributed by atoms with E-state index in [-0.39, 0.29) is 11.4 Å². The van der Waals surface area contributed by atoms with Crippen LogP contribution < -0.4 is 5.32 Å². The number of urea groups is 1. The van der Waals surface area contributed by atoms with Crippen molar-refractivity contribution in [3.63, 3.8) is 0 Å². The second-order valence-corrected chi connectivity index (χ2v) is 10.6. The number of nitrogens with zero attached hydrogens (tertiary/aromatic N) is 2. The Hall–Kier alpha value is -3.11. The van der Waals surface area contributed by atoms with Crippen molar-refractivity contribution in [1.82, 2.24) is 9.80 Å². The Labute approximate surface area is 217 Å². The molecule has 2 amide bonds. The minimum Gasteiger partial charge on any atom is -0.319 e. The molecule has 36 heavy (non-hydrogen) atoms. The van der Waals surface area contributed by atoms with Crippen LogP contribution in [0.5, 0.6) is 0 Å². The largest absolute Gasteiger partial charge is 0.322 e. The molecule has 0 spiro atoms. The fourth-order valence-electron chi connectivity index (χ4n) is 5.42. The van der Waals surface area contributed by atoms with Crippen LogP contribution in [-0.4, -0.2) is 42.5 Å². The van der Waals surface area contributed by atoms with Gasteiger partial charge in [-0.15, -0.1) is 0 Å². The lowest BCUT2D eigenvalue weighted by atomic mass is 9.72. The molecule has 0 aliphatic carbocycles. The van der Waals surface area contributed by atoms with Crippen LogP contribution in [0.3, 0.4) is 0 Å². The van der Waals surface area contributed by atoms with Crippen molar-refractivity contribution in [2.75, 3.05) is 32.0 Å². The molecule has 3 aromatic rings. The number of anilines is 1. The average molecular weight is 484 g/mol. The van der Waals surface area contributed by atoms with Crippen molar-refractivity contribution >= 4 is 11.7 Å². The second-order valence-electron chi connectivity index (χ2n) is 10.6. The number of amides is 2. The van der Waals surface area contributed by atoms with Gasteiger partial charge in [0.15, 0.2) is 0 Å². The number of carbonyl (C=O) groups excluding carboxylic acids is 1. The van der Waals surface area contributed by atoms with Crippen molar-refractivity contribution in [3.8, 4) is 0 Å². The third kappa shape index (κ3) is 5.99. The lowest BCUT2D eigenvalue weighted by Gasteiger charge is -2.44. The van der Waals surface area contributed by atoms with Crippen molar-refractivity contribution < 1.29 is 4.79 Å². The first kappa shape index (κ1) is 26.0. The molecule has 190 valence electrons. The van der Waals surface area contributed by atoms with Gasteiger partial charge in [0.05, 0.1) is 0 Å². The summed E-state index contributed by atoms with van der Waals surface area (Å²) in [5, 5.41) is 3.36. The van der Waals surface area contributed by atoms with Gasteiger partial charge in [-0.05, 0) is 74.5 Å². The maximum Gasteiger partial charge on any atom is 0.322 e. The minimum atomic E-state index is -0.0643. The number of rotatable bonds is 8. The molecule has 1 heterocycles. The van der Waals surface area contributed by atoms with Gasteiger partial charge >= 0.3 is 6.03 Å². The van der Waals surface area contributed by atoms with E-state index in [4.69, 9.17) is 0 Å². The number of piperidine rings is 1. The monoisotopic (exact) mass is 483 g/mol. The summed E-state index contributed by atoms with van der Waals surface area (Å²) in [6, 6.07) is 27.5. The Morgan fingerprint density at radius 1 is 0.972 bits per heavy atom. The molecule has 0 saturated carbocycles. The van der Waals surface area contributed by atoms with E-state index in [0.29, 0.717) is 19.0 Å². The number of likely N-dealkylation sites (tertiary alicyclic amines) is 1. The molecule has 4 rings (SSSR count). The van der Waals surface area contributed by atoms with Gasteiger partial charge in [0, 0.05) is 24.2 Å². The van der Waals surface area contributed by atoms with E-state index in [9.17, 15) is 4.79 Å². The highest BCUT2D eigenvalue weighted by Crippen LogP contribution is 2.37. The van der Waals surface area contributed by atoms with Gasteiger partial charge in [0.2, 0.25) is 0 Å². The molecule has 1 atom stereocenters. The predicted octanol–water partition coefficient (Wildman–Crippen LogP) is 7.21. The molecule has 1 aliphatic heterocycles. The van der Waals surface area contributed by atoms with Crippen LogP contribution in [0.4, 0.5) is 10.5 Å². The summed E-state index contributed by atoms with van der Waals surface area (Å²) in [6.45, 7) is 9.86. The van der Waals surface area contributed by atoms with Crippen LogP contribution in [0.25, 0.3) is 0 Å². The normalized spacial score (nSPS) is 16.3. The highest BCUT2D eigenvalue weighted by Gasteiger charge is 2.38. The predicted molar refractivity (Wildman–Crippen MR) is 151 cm³/mol. The first-order chi connectivity index (χ1) is 17.4. The molecule has 1 unspecified atom stereocenters. The first-order valence-corrected chi connectivity index (χ1v) is 13.4. The molecule has 1 aliphatic rings. The van der Waals surface area contributed by atoms with Crippen molar-refractivity contribution in [1.29, 1.82) is 0 Å². The molecule has 3 aromatic carbocycles. The standard InChI is InChI=1S/C32H41N3O/c1-5-25(2)29-18-12-13-26(3)30(29)33-31(36)35(23-27-14-8-6-9-15-27)24-32(19-21-34(4)22-20-32)28-16-10-7-11-17-28/h6-18,25H,5,19-24H2,1-4H3,(H,33,36). The fraction of sp³-hybridized carbons (Fsp3) is 0.406. The topological polar surface area (TPSA) is 35.6 Å². The number of hydrogen-bond acceptors (Lipinski definition) is 2. The summed E-state index contributed by atoms with van der Waals surface area (Å²) >= 11 is 0. The second kappa shape index (κ2) is 11.7. The van der Waals surface area contributed by atoms with Gasteiger partial charge in [0.25, 0.3) is 0 Å². The molecule has 1 saturated heterocycles. The number of carbonyl (C=O) groups is 1. The lowest BCUT2D eigenvalue weighted by Crippen LogP contribution is -2.50. The van der Waals surface area contributed by atoms with E-state index in [2.05, 4.69) is 111 Å². The van der Waals surface area contributed by atoms with Gasteiger partial charge in [0.1, 0.15) is 0 Å². The number of aryl methyl sites for hydroxylation is 1. The van der Waals surface area contributed by atoms with Gasteiger partial charge in [-0.1, -0.05) is 92.7 Å². The van der Waals surface area contributed by atoms with Crippen molar-refractivity contribution in [3.05, 3.63) is 101 Å². The van der Waals surface area contributed by atoms with E-state index in [0.717, 1.165) is 49.2 Å². The molecule has 1 fully saturated rings. The van der Waals surface area contributed by atoms with Crippen molar-refractivity contribution in [2.45, 2.75) is 57.9 Å². The van der Waals surface area contributed by atoms with Crippen LogP contribution >= 0.6 is 0 Å². The molecule has 0 aromatic heterocycles. The van der Waals surface area contributed by atoms with Gasteiger partial charge in [-0.2, -0.15) is 0 Å². The van der Waals surface area contributed by atoms with E-state index in [1.54, 1.807) is 0 Å². The van der Waals surface area contributed by atoms with E-state index in [1.165, 1.54) is 11.1 Å². The zero-order valence-corrected chi connectivity index (χ0v) is 22.3. The third-order valence-electron chi connectivity index (χ3n) is 8.01. The van der Waals surface area contributed by atoms with Crippen LogP contribution in [-0.2, 0) is 12.0 Å². The van der Waals surface area contributed by atoms with Gasteiger partial charge in [-0.3, -0.25) is 0 Å². The maximum atomic E-state index is 14.0. The molecule has 0 bridgehead atoms. The molecule has 0 radical (unpaired) electrons. The number of para-hydroxylation sites is 1. The summed E-state index contributed by atoms with van der Waals surface area (Å²) in [4.78, 5) is 18.5. The highest BCUT2D eigenvalue weighted by atomic mass is 16.2. The van der Waals surface area contributed by atoms with Gasteiger partial charge < -0.3 is 15.1 Å². The first-order valence-electron chi connectivity index (χ1n) is 13.4. The summed E-state index contributed by atoms with van der Waals surface area (Å²) in [6.07, 6.45) is 3.10. The Morgan fingerprint density at radius 3 is 2.25 bits per heavy atom. The van der Waals surface area contributed by atoms with Crippen molar-refractivity contribution in [2.24, 2.45) is 0 Å². The summed E-state index contributed by atoms with van der Waals surface area (Å²) in [7, 11) is 2.19. The number of benzene rings is 3. The Bertz CT molecular complexity index is 1120. The Balaban J connectivity index is 1.68. The van der Waals surface area contributed by atoms with Crippen LogP contribution in [0.2, 0.25) is 0 Å². The average Bonchev–Trinajstić information content (AvgIpc) is 2.91. The van der Waals surface area contributed by atoms with Gasteiger partial charge in [-0.25, -0.2) is 4.79 Å². The molecular weight excluding hydrogens is 442 g/mol. The van der Waals surface area contributed by atoms with E-state index < -0.39 is 0 Å². The summed E-state index contributed by atoms with van der Waals surface area (Å²) in [5.74, 6) is 0.382. The SMILES string of the molecule is CCC(C)c1cccc(C)c1NC(=O)N(Cc1ccccc1)CC1(c2ccccc2)CCN(C)CC1. The third-order valence-corrected chi connectivity index (χ3v) is 8.01. The summed E-state index contributed by atoms with van der Waals surface area (Å²) < 4.78 is 0. The smallest absolute Gasteiger partial charge is 0.319 e. The number of nitrogens with one attached hydrogen (secondary N) is 1. The molecule has 1 N–H and O–H groups in total. The number of hydrogen-bond donors (Lipinski definition) is 1. The fourth-order valence-corrected chi connectivity index (χ4v) is 5.42. The zero-order chi connectivity index (χ0) is 25.5. The lowest BCUT2D eigenvalue weighted by molar-refractivity contribution is 0.137. The molecule has 4 heteroatoms. The Kier molecular flexibility index (Phi) is 8.48. The Morgan fingerprint density at radius 2 is 1.61 bits per heavy atom.